The Kier molecular flexibility index (Phi) is 2.49. The van der Waals surface area contributed by atoms with E-state index in [1.165, 1.54) is 0 Å². The molecule has 14 heavy (non-hydrogen) atoms. The van der Waals surface area contributed by atoms with Crippen LogP contribution in [0, 0.1) is 0 Å². The molecule has 2 rings (SSSR count). The Bertz CT molecular complexity index is 309. The summed E-state index contributed by atoms with van der Waals surface area (Å²) < 4.78 is 0. The summed E-state index contributed by atoms with van der Waals surface area (Å²) in [5.74, 6) is 1.07. The number of nitrogens with one attached hydrogen (secondary N) is 1. The van der Waals surface area contributed by atoms with E-state index in [0.29, 0.717) is 19.5 Å². The van der Waals surface area contributed by atoms with Gasteiger partial charge in [-0.05, 0) is 0 Å². The number of likely N-dealkylation sites (tertiary alicyclic amines) is 1. The van der Waals surface area contributed by atoms with Gasteiger partial charge in [0.25, 0.3) is 0 Å². The van der Waals surface area contributed by atoms with Gasteiger partial charge in [-0.25, -0.2) is 4.98 Å². The largest absolute Gasteiger partial charge is 0.349 e. The highest BCUT2D eigenvalue weighted by Gasteiger charge is 2.26. The van der Waals surface area contributed by atoms with Gasteiger partial charge in [0.15, 0.2) is 0 Å². The van der Waals surface area contributed by atoms with Crippen LogP contribution in [0.25, 0.3) is 0 Å². The van der Waals surface area contributed by atoms with E-state index < -0.39 is 0 Å². The lowest BCUT2D eigenvalue weighted by Crippen LogP contribution is -2.30. The highest BCUT2D eigenvalue weighted by Crippen LogP contribution is 2.09. The molecule has 1 aromatic heterocycles. The first kappa shape index (κ1) is 9.21. The molecule has 0 aromatic carbocycles. The van der Waals surface area contributed by atoms with Crippen LogP contribution >= 0.6 is 0 Å². The number of nitrogens with two attached hydrogens (primary N) is 1. The van der Waals surface area contributed by atoms with E-state index in [2.05, 4.69) is 9.97 Å². The molecule has 0 saturated carbocycles. The molecule has 1 aromatic rings. The molecule has 1 atom stereocenters. The molecule has 1 fully saturated rings. The Hall–Kier alpha value is -1.36. The summed E-state index contributed by atoms with van der Waals surface area (Å²) in [7, 11) is 0. The van der Waals surface area contributed by atoms with Crippen molar-refractivity contribution in [3.63, 3.8) is 0 Å². The van der Waals surface area contributed by atoms with Crippen molar-refractivity contribution < 1.29 is 4.79 Å². The summed E-state index contributed by atoms with van der Waals surface area (Å²) >= 11 is 0. The third-order valence-electron chi connectivity index (χ3n) is 2.42. The van der Waals surface area contributed by atoms with Crippen LogP contribution in [0.5, 0.6) is 0 Å². The first-order valence-electron chi connectivity index (χ1n) is 4.77. The lowest BCUT2D eigenvalue weighted by atomic mass is 10.3. The average molecular weight is 194 g/mol. The molecule has 1 saturated heterocycles. The van der Waals surface area contributed by atoms with Crippen molar-refractivity contribution in [2.24, 2.45) is 5.73 Å². The van der Waals surface area contributed by atoms with Crippen LogP contribution in [-0.4, -0.2) is 39.9 Å². The van der Waals surface area contributed by atoms with Crippen molar-refractivity contribution in [2.75, 3.05) is 13.1 Å². The van der Waals surface area contributed by atoms with E-state index in [9.17, 15) is 4.79 Å². The number of rotatable bonds is 3. The molecule has 5 nitrogen and oxygen atoms in total. The molecule has 1 unspecified atom stereocenters. The Morgan fingerprint density at radius 3 is 3.14 bits per heavy atom. The van der Waals surface area contributed by atoms with Gasteiger partial charge in [-0.3, -0.25) is 4.79 Å². The third kappa shape index (κ3) is 1.93. The van der Waals surface area contributed by atoms with Gasteiger partial charge in [0.1, 0.15) is 5.82 Å². The molecule has 5 heteroatoms. The summed E-state index contributed by atoms with van der Waals surface area (Å²) in [6, 6.07) is 0.0131. The number of hydrogen-bond acceptors (Lipinski definition) is 3. The first-order valence-corrected chi connectivity index (χ1v) is 4.77. The molecule has 1 aliphatic heterocycles. The number of carbonyl (C=O) groups is 1. The Labute approximate surface area is 82.3 Å². The predicted octanol–water partition coefficient (Wildman–Crippen LogP) is -0.488. The van der Waals surface area contributed by atoms with Gasteiger partial charge >= 0.3 is 0 Å². The molecule has 76 valence electrons. The fourth-order valence-corrected chi connectivity index (χ4v) is 1.69. The van der Waals surface area contributed by atoms with Crippen LogP contribution in [-0.2, 0) is 11.2 Å². The molecule has 0 spiro atoms. The molecular formula is C9H14N4O. The molecule has 3 N–H and O–H groups in total. The predicted molar refractivity (Wildman–Crippen MR) is 51.5 cm³/mol. The minimum absolute atomic E-state index is 0.0131. The van der Waals surface area contributed by atoms with Crippen molar-refractivity contribution in [3.8, 4) is 0 Å². The van der Waals surface area contributed by atoms with Crippen molar-refractivity contribution in [2.45, 2.75) is 18.9 Å². The second-order valence-electron chi connectivity index (χ2n) is 3.59. The maximum atomic E-state index is 11.4. The highest BCUT2D eigenvalue weighted by atomic mass is 16.2. The normalized spacial score (nSPS) is 21.9. The minimum atomic E-state index is 0.0131. The molecule has 0 aliphatic carbocycles. The quantitative estimate of drug-likeness (QED) is 0.682. The molecule has 1 amide bonds. The van der Waals surface area contributed by atoms with Crippen LogP contribution in [0.2, 0.25) is 0 Å². The zero-order chi connectivity index (χ0) is 9.97. The third-order valence-corrected chi connectivity index (χ3v) is 2.42. The molecule has 2 heterocycles. The fourth-order valence-electron chi connectivity index (χ4n) is 1.69. The SMILES string of the molecule is NC1CC(=O)N(CCc2ncc[nH]2)C1. The van der Waals surface area contributed by atoms with Crippen LogP contribution in [0.4, 0.5) is 0 Å². The standard InChI is InChI=1S/C9H14N4O/c10-7-5-9(14)13(6-7)4-1-8-11-2-3-12-8/h2-3,7H,1,4-6,10H2,(H,11,12). The maximum Gasteiger partial charge on any atom is 0.224 e. The summed E-state index contributed by atoms with van der Waals surface area (Å²) in [5.41, 5.74) is 5.68. The number of imidazole rings is 1. The number of aromatic amines is 1. The highest BCUT2D eigenvalue weighted by molar-refractivity contribution is 5.79. The van der Waals surface area contributed by atoms with Crippen molar-refractivity contribution in [1.82, 2.24) is 14.9 Å². The van der Waals surface area contributed by atoms with Crippen LogP contribution in [0.15, 0.2) is 12.4 Å². The topological polar surface area (TPSA) is 75.0 Å². The Morgan fingerprint density at radius 1 is 1.71 bits per heavy atom. The van der Waals surface area contributed by atoms with Crippen molar-refractivity contribution in [3.05, 3.63) is 18.2 Å². The number of hydrogen-bond donors (Lipinski definition) is 2. The van der Waals surface area contributed by atoms with Crippen LogP contribution in [0.1, 0.15) is 12.2 Å². The van der Waals surface area contributed by atoms with E-state index in [-0.39, 0.29) is 11.9 Å². The number of carbonyl (C=O) groups excluding carboxylic acids is 1. The monoisotopic (exact) mass is 194 g/mol. The van der Waals surface area contributed by atoms with Crippen molar-refractivity contribution in [1.29, 1.82) is 0 Å². The number of nitrogens with zero attached hydrogens (tertiary/aromatic N) is 2. The number of H-pyrrole nitrogens is 1. The summed E-state index contributed by atoms with van der Waals surface area (Å²) in [6.45, 7) is 1.39. The second kappa shape index (κ2) is 3.79. The summed E-state index contributed by atoms with van der Waals surface area (Å²) in [4.78, 5) is 20.3. The van der Waals surface area contributed by atoms with E-state index in [1.54, 1.807) is 17.3 Å². The number of aromatic nitrogens is 2. The Morgan fingerprint density at radius 2 is 2.57 bits per heavy atom. The van der Waals surface area contributed by atoms with Gasteiger partial charge < -0.3 is 15.6 Å². The summed E-state index contributed by atoms with van der Waals surface area (Å²) in [5, 5.41) is 0. The zero-order valence-electron chi connectivity index (χ0n) is 7.94. The zero-order valence-corrected chi connectivity index (χ0v) is 7.94. The second-order valence-corrected chi connectivity index (χ2v) is 3.59. The van der Waals surface area contributed by atoms with Crippen LogP contribution < -0.4 is 5.73 Å². The van der Waals surface area contributed by atoms with E-state index in [0.717, 1.165) is 12.2 Å². The first-order chi connectivity index (χ1) is 6.75. The average Bonchev–Trinajstić information content (AvgIpc) is 2.72. The summed E-state index contributed by atoms with van der Waals surface area (Å²) in [6.07, 6.45) is 4.75. The lowest BCUT2D eigenvalue weighted by molar-refractivity contribution is -0.127. The van der Waals surface area contributed by atoms with Gasteiger partial charge in [-0.1, -0.05) is 0 Å². The van der Waals surface area contributed by atoms with Crippen LogP contribution in [0.3, 0.4) is 0 Å². The van der Waals surface area contributed by atoms with Gasteiger partial charge in [0, 0.05) is 44.4 Å². The minimum Gasteiger partial charge on any atom is -0.349 e. The Balaban J connectivity index is 1.84. The molecule has 0 bridgehead atoms. The van der Waals surface area contributed by atoms with Gasteiger partial charge in [0.2, 0.25) is 5.91 Å². The molecule has 0 radical (unpaired) electrons. The van der Waals surface area contributed by atoms with E-state index in [1.807, 2.05) is 0 Å². The van der Waals surface area contributed by atoms with Gasteiger partial charge in [-0.15, -0.1) is 0 Å². The lowest BCUT2D eigenvalue weighted by Gasteiger charge is -2.14. The maximum absolute atomic E-state index is 11.4. The van der Waals surface area contributed by atoms with E-state index in [4.69, 9.17) is 5.73 Å². The smallest absolute Gasteiger partial charge is 0.224 e. The fraction of sp³-hybridized carbons (Fsp3) is 0.556. The van der Waals surface area contributed by atoms with E-state index >= 15 is 0 Å². The van der Waals surface area contributed by atoms with Gasteiger partial charge in [-0.2, -0.15) is 0 Å². The molecular weight excluding hydrogens is 180 g/mol. The van der Waals surface area contributed by atoms with Crippen molar-refractivity contribution >= 4 is 5.91 Å². The number of amides is 1. The molecule has 1 aliphatic rings. The van der Waals surface area contributed by atoms with Gasteiger partial charge in [0.05, 0.1) is 0 Å².